The first kappa shape index (κ1) is 11.2. The van der Waals surface area contributed by atoms with Crippen LogP contribution in [0.1, 0.15) is 32.6 Å². The van der Waals surface area contributed by atoms with Gasteiger partial charge in [0.05, 0.1) is 6.10 Å². The normalized spacial score (nSPS) is 26.1. The predicted molar refractivity (Wildman–Crippen MR) is 65.3 cm³/mol. The highest BCUT2D eigenvalue weighted by Gasteiger charge is 2.06. The quantitative estimate of drug-likeness (QED) is 0.478. The molecule has 0 bridgehead atoms. The van der Waals surface area contributed by atoms with Gasteiger partial charge < -0.3 is 5.11 Å². The molecule has 1 aliphatic heterocycles. The third-order valence-electron chi connectivity index (χ3n) is 2.13. The van der Waals surface area contributed by atoms with Gasteiger partial charge in [0, 0.05) is 0 Å². The van der Waals surface area contributed by atoms with Gasteiger partial charge in [-0.1, -0.05) is 19.4 Å². The molecule has 1 N–H and O–H groups in total. The van der Waals surface area contributed by atoms with E-state index in [1.165, 1.54) is 5.57 Å². The first-order valence-electron chi connectivity index (χ1n) is 4.76. The van der Waals surface area contributed by atoms with E-state index in [2.05, 4.69) is 35.5 Å². The molecule has 0 aromatic rings. The van der Waals surface area contributed by atoms with Crippen molar-refractivity contribution < 1.29 is 5.11 Å². The average molecular weight is 218 g/mol. The molecule has 1 heterocycles. The Kier molecular flexibility index (Phi) is 4.99. The smallest absolute Gasteiger partial charge is 0.0543 e. The Balaban J connectivity index is 2.19. The summed E-state index contributed by atoms with van der Waals surface area (Å²) >= 11 is 4.38. The molecule has 1 rings (SSSR count). The highest BCUT2D eigenvalue weighted by molar-refractivity contribution is 8.80. The second kappa shape index (κ2) is 5.78. The van der Waals surface area contributed by atoms with Crippen LogP contribution in [0.5, 0.6) is 0 Å². The van der Waals surface area contributed by atoms with Gasteiger partial charge in [-0.2, -0.15) is 9.93 Å². The summed E-state index contributed by atoms with van der Waals surface area (Å²) in [5.74, 6) is 0. The van der Waals surface area contributed by atoms with E-state index in [4.69, 9.17) is 0 Å². The summed E-state index contributed by atoms with van der Waals surface area (Å²) in [5, 5.41) is 13.9. The van der Waals surface area contributed by atoms with Crippen molar-refractivity contribution in [1.82, 2.24) is 0 Å². The molecule has 0 fully saturated rings. The Hall–Kier alpha value is 0.140. The Morgan fingerprint density at radius 3 is 2.85 bits per heavy atom. The van der Waals surface area contributed by atoms with E-state index in [0.717, 1.165) is 25.7 Å². The minimum absolute atomic E-state index is 0.119. The van der Waals surface area contributed by atoms with Crippen molar-refractivity contribution in [3.8, 4) is 0 Å². The SMILES string of the molecule is CCCC(O)CCC1=C[SH](S)C=C1. The molecule has 0 radical (unpaired) electrons. The van der Waals surface area contributed by atoms with Crippen LogP contribution in [0, 0.1) is 0 Å². The Bertz CT molecular complexity index is 211. The molecule has 0 spiro atoms. The monoisotopic (exact) mass is 218 g/mol. The van der Waals surface area contributed by atoms with Crippen molar-refractivity contribution in [2.24, 2.45) is 0 Å². The third kappa shape index (κ3) is 4.25. The maximum absolute atomic E-state index is 9.51. The van der Waals surface area contributed by atoms with Crippen LogP contribution < -0.4 is 0 Å². The fraction of sp³-hybridized carbons (Fsp3) is 0.600. The van der Waals surface area contributed by atoms with Gasteiger partial charge in [0.15, 0.2) is 0 Å². The zero-order chi connectivity index (χ0) is 9.68. The van der Waals surface area contributed by atoms with E-state index in [0.29, 0.717) is 0 Å². The summed E-state index contributed by atoms with van der Waals surface area (Å²) < 4.78 is 0. The van der Waals surface area contributed by atoms with Gasteiger partial charge in [0.2, 0.25) is 0 Å². The van der Waals surface area contributed by atoms with Gasteiger partial charge in [0.25, 0.3) is 0 Å². The van der Waals surface area contributed by atoms with Crippen LogP contribution in [0.4, 0.5) is 0 Å². The number of aliphatic hydroxyl groups excluding tert-OH is 1. The van der Waals surface area contributed by atoms with Crippen LogP contribution in [-0.2, 0) is 0 Å². The van der Waals surface area contributed by atoms with Gasteiger partial charge in [0.1, 0.15) is 0 Å². The zero-order valence-corrected chi connectivity index (χ0v) is 9.77. The van der Waals surface area contributed by atoms with Crippen LogP contribution in [0.15, 0.2) is 22.5 Å². The summed E-state index contributed by atoms with van der Waals surface area (Å²) in [6.07, 6.45) is 5.89. The molecule has 76 valence electrons. The van der Waals surface area contributed by atoms with Crippen molar-refractivity contribution in [3.63, 3.8) is 0 Å². The van der Waals surface area contributed by atoms with Crippen LogP contribution in [-0.4, -0.2) is 11.2 Å². The van der Waals surface area contributed by atoms with Crippen LogP contribution in [0.3, 0.4) is 0 Å². The van der Waals surface area contributed by atoms with Gasteiger partial charge in [-0.15, -0.1) is 11.7 Å². The maximum Gasteiger partial charge on any atom is 0.0543 e. The lowest BCUT2D eigenvalue weighted by Gasteiger charge is -2.08. The standard InChI is InChI=1S/C10H18OS2/c1-2-3-10(11)5-4-9-6-7-13(12)8-9/h6-8,10-13H,2-5H2,1H3. The second-order valence-electron chi connectivity index (χ2n) is 3.38. The molecule has 2 atom stereocenters. The number of hydrogen-bond acceptors (Lipinski definition) is 2. The van der Waals surface area contributed by atoms with Gasteiger partial charge >= 0.3 is 0 Å². The van der Waals surface area contributed by atoms with Gasteiger partial charge in [-0.05, 0) is 35.7 Å². The van der Waals surface area contributed by atoms with Gasteiger partial charge in [-0.3, -0.25) is 0 Å². The van der Waals surface area contributed by atoms with Crippen molar-refractivity contribution in [1.29, 1.82) is 0 Å². The summed E-state index contributed by atoms with van der Waals surface area (Å²) in [4.78, 5) is 0. The lowest BCUT2D eigenvalue weighted by atomic mass is 10.1. The third-order valence-corrected chi connectivity index (χ3v) is 3.92. The fourth-order valence-electron chi connectivity index (χ4n) is 1.39. The molecule has 1 nitrogen and oxygen atoms in total. The summed E-state index contributed by atoms with van der Waals surface area (Å²) in [6, 6.07) is 0. The number of aliphatic hydroxyl groups is 1. The van der Waals surface area contributed by atoms with E-state index < -0.39 is 0 Å². The van der Waals surface area contributed by atoms with E-state index >= 15 is 0 Å². The summed E-state index contributed by atoms with van der Waals surface area (Å²) in [6.45, 7) is 2.10. The topological polar surface area (TPSA) is 20.2 Å². The highest BCUT2D eigenvalue weighted by Crippen LogP contribution is 2.40. The largest absolute Gasteiger partial charge is 0.393 e. The first-order chi connectivity index (χ1) is 6.22. The van der Waals surface area contributed by atoms with Crippen molar-refractivity contribution in [2.45, 2.75) is 38.7 Å². The molecule has 0 saturated carbocycles. The van der Waals surface area contributed by atoms with Crippen molar-refractivity contribution >= 4 is 21.6 Å². The van der Waals surface area contributed by atoms with E-state index in [-0.39, 0.29) is 16.0 Å². The van der Waals surface area contributed by atoms with Crippen molar-refractivity contribution in [2.75, 3.05) is 0 Å². The molecule has 0 aromatic carbocycles. The minimum Gasteiger partial charge on any atom is -0.393 e. The summed E-state index contributed by atoms with van der Waals surface area (Å²) in [7, 11) is -0.273. The molecule has 13 heavy (non-hydrogen) atoms. The highest BCUT2D eigenvalue weighted by atomic mass is 33.1. The fourth-order valence-corrected chi connectivity index (χ4v) is 3.02. The number of rotatable bonds is 5. The molecular weight excluding hydrogens is 200 g/mol. The molecule has 3 heteroatoms. The first-order valence-corrected chi connectivity index (χ1v) is 7.40. The second-order valence-corrected chi connectivity index (χ2v) is 6.08. The number of thiol groups is 2. The Morgan fingerprint density at radius 1 is 1.54 bits per heavy atom. The summed E-state index contributed by atoms with van der Waals surface area (Å²) in [5.41, 5.74) is 1.34. The Labute approximate surface area is 88.1 Å². The molecule has 0 amide bonds. The lowest BCUT2D eigenvalue weighted by Crippen LogP contribution is -2.05. The van der Waals surface area contributed by atoms with E-state index in [9.17, 15) is 5.11 Å². The van der Waals surface area contributed by atoms with Gasteiger partial charge in [-0.25, -0.2) is 0 Å². The number of allylic oxidation sites excluding steroid dienone is 2. The predicted octanol–water partition coefficient (Wildman–Crippen LogP) is 3.18. The van der Waals surface area contributed by atoms with Crippen LogP contribution in [0.25, 0.3) is 0 Å². The number of hydrogen-bond donors (Lipinski definition) is 3. The van der Waals surface area contributed by atoms with Crippen LogP contribution >= 0.6 is 21.6 Å². The molecule has 2 unspecified atom stereocenters. The molecule has 0 aliphatic carbocycles. The average Bonchev–Trinajstić information content (AvgIpc) is 2.49. The van der Waals surface area contributed by atoms with Crippen molar-refractivity contribution in [3.05, 3.63) is 22.5 Å². The van der Waals surface area contributed by atoms with E-state index in [1.54, 1.807) is 0 Å². The van der Waals surface area contributed by atoms with Crippen LogP contribution in [0.2, 0.25) is 0 Å². The molecule has 1 aliphatic rings. The molecule has 0 aromatic heterocycles. The maximum atomic E-state index is 9.51. The lowest BCUT2D eigenvalue weighted by molar-refractivity contribution is 0.154. The zero-order valence-electron chi connectivity index (χ0n) is 7.98. The molecule has 0 saturated heterocycles. The minimum atomic E-state index is -0.273. The Morgan fingerprint density at radius 2 is 2.31 bits per heavy atom. The van der Waals surface area contributed by atoms with E-state index in [1.807, 2.05) is 0 Å². The molecular formula is C10H18OS2.